The summed E-state index contributed by atoms with van der Waals surface area (Å²) in [6.07, 6.45) is 0. The molecule has 1 aliphatic heterocycles. The number of nitrogens with zero attached hydrogens (tertiary/aromatic N) is 1. The van der Waals surface area contributed by atoms with Crippen LogP contribution in [0.3, 0.4) is 0 Å². The van der Waals surface area contributed by atoms with Crippen LogP contribution in [-0.4, -0.2) is 24.5 Å². The number of fused-ring (bicyclic) bond motifs is 1. The lowest BCUT2D eigenvalue weighted by Gasteiger charge is -2.21. The van der Waals surface area contributed by atoms with Gasteiger partial charge in [-0.15, -0.1) is 0 Å². The van der Waals surface area contributed by atoms with E-state index in [-0.39, 0.29) is 11.8 Å². The van der Waals surface area contributed by atoms with Crippen molar-refractivity contribution in [2.24, 2.45) is 0 Å². The van der Waals surface area contributed by atoms with Crippen LogP contribution < -0.4 is 4.74 Å². The van der Waals surface area contributed by atoms with Crippen LogP contribution >= 0.6 is 15.9 Å². The van der Waals surface area contributed by atoms with Gasteiger partial charge in [-0.25, -0.2) is 0 Å². The van der Waals surface area contributed by atoms with Crippen molar-refractivity contribution in [1.82, 2.24) is 4.90 Å². The van der Waals surface area contributed by atoms with Gasteiger partial charge in [0.2, 0.25) is 5.91 Å². The third-order valence-corrected chi connectivity index (χ3v) is 4.51. The van der Waals surface area contributed by atoms with Gasteiger partial charge in [0.15, 0.2) is 0 Å². The van der Waals surface area contributed by atoms with Crippen molar-refractivity contribution in [2.75, 3.05) is 13.7 Å². The first-order valence-electron chi connectivity index (χ1n) is 6.87. The van der Waals surface area contributed by atoms with Crippen LogP contribution in [-0.2, 0) is 11.3 Å². The largest absolute Gasteiger partial charge is 0.492 e. The number of halogens is 1. The molecule has 0 radical (unpaired) electrons. The Morgan fingerprint density at radius 2 is 1.95 bits per heavy atom. The van der Waals surface area contributed by atoms with Gasteiger partial charge in [-0.05, 0) is 17.7 Å². The Kier molecular flexibility index (Phi) is 3.97. The third kappa shape index (κ3) is 2.81. The molecule has 1 unspecified atom stereocenters. The van der Waals surface area contributed by atoms with Crippen molar-refractivity contribution in [3.63, 3.8) is 0 Å². The number of carbonyl (C=O) groups is 1. The first-order chi connectivity index (χ1) is 10.2. The minimum atomic E-state index is -0.200. The summed E-state index contributed by atoms with van der Waals surface area (Å²) < 4.78 is 6.62. The molecular weight excluding hydrogens is 330 g/mol. The Morgan fingerprint density at radius 3 is 2.76 bits per heavy atom. The molecule has 0 fully saturated rings. The second-order valence-electron chi connectivity index (χ2n) is 5.19. The number of carbonyl (C=O) groups excluding carboxylic acids is 1. The van der Waals surface area contributed by atoms with Gasteiger partial charge in [-0.3, -0.25) is 4.79 Å². The Balaban J connectivity index is 1.76. The molecule has 1 heterocycles. The van der Waals surface area contributed by atoms with E-state index in [9.17, 15) is 4.79 Å². The minimum absolute atomic E-state index is 0.0932. The molecule has 108 valence electrons. The minimum Gasteiger partial charge on any atom is -0.492 e. The fourth-order valence-electron chi connectivity index (χ4n) is 2.59. The van der Waals surface area contributed by atoms with Crippen LogP contribution in [0.4, 0.5) is 0 Å². The average Bonchev–Trinajstić information content (AvgIpc) is 2.92. The zero-order valence-electron chi connectivity index (χ0n) is 11.8. The normalized spacial score (nSPS) is 16.2. The van der Waals surface area contributed by atoms with Crippen LogP contribution in [0.2, 0.25) is 0 Å². The van der Waals surface area contributed by atoms with E-state index in [1.165, 1.54) is 0 Å². The average molecular weight is 346 g/mol. The molecule has 0 saturated heterocycles. The Morgan fingerprint density at radius 1 is 1.24 bits per heavy atom. The summed E-state index contributed by atoms with van der Waals surface area (Å²) >= 11 is 3.52. The maximum atomic E-state index is 12.7. The molecule has 0 N–H and O–H groups in total. The van der Waals surface area contributed by atoms with E-state index in [4.69, 9.17) is 4.74 Å². The molecule has 2 aromatic carbocycles. The van der Waals surface area contributed by atoms with Crippen LogP contribution in [0.25, 0.3) is 0 Å². The molecule has 4 heteroatoms. The zero-order valence-corrected chi connectivity index (χ0v) is 13.3. The maximum Gasteiger partial charge on any atom is 0.233 e. The summed E-state index contributed by atoms with van der Waals surface area (Å²) in [6, 6.07) is 15.7. The van der Waals surface area contributed by atoms with Gasteiger partial charge in [-0.1, -0.05) is 52.3 Å². The number of hydrogen-bond acceptors (Lipinski definition) is 2. The monoisotopic (exact) mass is 345 g/mol. The van der Waals surface area contributed by atoms with Crippen molar-refractivity contribution < 1.29 is 9.53 Å². The quantitative estimate of drug-likeness (QED) is 0.850. The van der Waals surface area contributed by atoms with Gasteiger partial charge in [0.25, 0.3) is 0 Å². The van der Waals surface area contributed by atoms with Crippen molar-refractivity contribution in [1.29, 1.82) is 0 Å². The maximum absolute atomic E-state index is 12.7. The molecule has 1 amide bonds. The molecular formula is C17H16BrNO2. The van der Waals surface area contributed by atoms with E-state index in [0.717, 1.165) is 21.3 Å². The Labute approximate surface area is 132 Å². The smallest absolute Gasteiger partial charge is 0.233 e. The van der Waals surface area contributed by atoms with Crippen molar-refractivity contribution in [3.8, 4) is 5.75 Å². The molecule has 0 spiro atoms. The highest BCUT2D eigenvalue weighted by molar-refractivity contribution is 9.10. The van der Waals surface area contributed by atoms with Crippen molar-refractivity contribution in [3.05, 3.63) is 64.1 Å². The lowest BCUT2D eigenvalue weighted by atomic mass is 10.00. The predicted molar refractivity (Wildman–Crippen MR) is 85.3 cm³/mol. The summed E-state index contributed by atoms with van der Waals surface area (Å²) in [7, 11) is 1.84. The number of hydrogen-bond donors (Lipinski definition) is 0. The molecule has 1 aliphatic rings. The highest BCUT2D eigenvalue weighted by Crippen LogP contribution is 2.34. The van der Waals surface area contributed by atoms with Gasteiger partial charge in [0.05, 0.1) is 0 Å². The van der Waals surface area contributed by atoms with Crippen LogP contribution in [0, 0.1) is 0 Å². The van der Waals surface area contributed by atoms with Crippen LogP contribution in [0.15, 0.2) is 53.0 Å². The topological polar surface area (TPSA) is 29.5 Å². The molecule has 0 bridgehead atoms. The van der Waals surface area contributed by atoms with E-state index >= 15 is 0 Å². The highest BCUT2D eigenvalue weighted by Gasteiger charge is 2.32. The van der Waals surface area contributed by atoms with E-state index < -0.39 is 0 Å². The summed E-state index contributed by atoms with van der Waals surface area (Å²) in [5.41, 5.74) is 2.09. The Bertz CT molecular complexity index is 671. The predicted octanol–water partition coefficient (Wildman–Crippen LogP) is 3.58. The number of benzene rings is 2. The van der Waals surface area contributed by atoms with Crippen molar-refractivity contribution in [2.45, 2.75) is 12.5 Å². The molecule has 3 nitrogen and oxygen atoms in total. The third-order valence-electron chi connectivity index (χ3n) is 3.74. The Hall–Kier alpha value is -1.81. The fourth-order valence-corrected chi connectivity index (χ4v) is 3.00. The van der Waals surface area contributed by atoms with Gasteiger partial charge in [0, 0.05) is 23.6 Å². The lowest BCUT2D eigenvalue weighted by molar-refractivity contribution is -0.132. The number of amides is 1. The molecule has 2 aromatic rings. The lowest BCUT2D eigenvalue weighted by Crippen LogP contribution is -2.32. The molecule has 0 aromatic heterocycles. The summed E-state index contributed by atoms with van der Waals surface area (Å²) in [5.74, 6) is 0.717. The summed E-state index contributed by atoms with van der Waals surface area (Å²) in [4.78, 5) is 14.4. The first-order valence-corrected chi connectivity index (χ1v) is 7.66. The summed E-state index contributed by atoms with van der Waals surface area (Å²) in [5, 5.41) is 0. The van der Waals surface area contributed by atoms with Gasteiger partial charge in [-0.2, -0.15) is 0 Å². The van der Waals surface area contributed by atoms with E-state index in [2.05, 4.69) is 15.9 Å². The van der Waals surface area contributed by atoms with E-state index in [0.29, 0.717) is 13.2 Å². The number of ether oxygens (including phenoxy) is 1. The fraction of sp³-hybridized carbons (Fsp3) is 0.235. The SMILES string of the molecule is CN(Cc1ccccc1Br)C(=O)C1COc2ccccc21. The zero-order chi connectivity index (χ0) is 14.8. The van der Waals surface area contributed by atoms with E-state index in [1.54, 1.807) is 4.90 Å². The van der Waals surface area contributed by atoms with Gasteiger partial charge >= 0.3 is 0 Å². The van der Waals surface area contributed by atoms with E-state index in [1.807, 2.05) is 55.6 Å². The first kappa shape index (κ1) is 14.1. The second kappa shape index (κ2) is 5.90. The molecule has 0 saturated carbocycles. The molecule has 21 heavy (non-hydrogen) atoms. The van der Waals surface area contributed by atoms with Crippen LogP contribution in [0.1, 0.15) is 17.0 Å². The van der Waals surface area contributed by atoms with Crippen molar-refractivity contribution >= 4 is 21.8 Å². The van der Waals surface area contributed by atoms with Gasteiger partial charge < -0.3 is 9.64 Å². The molecule has 1 atom stereocenters. The highest BCUT2D eigenvalue weighted by atomic mass is 79.9. The number of rotatable bonds is 3. The van der Waals surface area contributed by atoms with Crippen LogP contribution in [0.5, 0.6) is 5.75 Å². The standard InChI is InChI=1S/C17H16BrNO2/c1-19(10-12-6-2-4-8-15(12)18)17(20)14-11-21-16-9-5-3-7-13(14)16/h2-9,14H,10-11H2,1H3. The molecule has 3 rings (SSSR count). The molecule has 0 aliphatic carbocycles. The number of para-hydroxylation sites is 1. The van der Waals surface area contributed by atoms with Gasteiger partial charge in [0.1, 0.15) is 18.3 Å². The summed E-state index contributed by atoms with van der Waals surface area (Å²) in [6.45, 7) is 1.01. The number of likely N-dealkylation sites (N-methyl/N-ethyl adjacent to an activating group) is 1. The second-order valence-corrected chi connectivity index (χ2v) is 6.04.